The van der Waals surface area contributed by atoms with E-state index in [2.05, 4.69) is 20.5 Å². The molecular weight excluding hydrogens is 250 g/mol. The molecule has 2 rings (SSSR count). The van der Waals surface area contributed by atoms with E-state index in [0.29, 0.717) is 10.1 Å². The van der Waals surface area contributed by atoms with E-state index in [0.717, 1.165) is 12.2 Å². The van der Waals surface area contributed by atoms with Gasteiger partial charge in [0.15, 0.2) is 0 Å². The molecule has 1 amide bonds. The Morgan fingerprint density at radius 1 is 1.39 bits per heavy atom. The molecule has 7 heteroatoms. The van der Waals surface area contributed by atoms with Crippen molar-refractivity contribution < 1.29 is 4.79 Å². The number of aromatic nitrogens is 3. The van der Waals surface area contributed by atoms with Crippen LogP contribution in [0.5, 0.6) is 0 Å². The summed E-state index contributed by atoms with van der Waals surface area (Å²) in [5.74, 6) is -0.178. The number of hydrogen-bond donors (Lipinski definition) is 1. The molecule has 0 aliphatic heterocycles. The van der Waals surface area contributed by atoms with Gasteiger partial charge in [-0.1, -0.05) is 11.3 Å². The molecule has 0 fully saturated rings. The number of nitrogens with one attached hydrogen (secondary N) is 1. The molecule has 1 N–H and O–H groups in total. The van der Waals surface area contributed by atoms with Gasteiger partial charge in [0, 0.05) is 31.7 Å². The topological polar surface area (TPSA) is 71.0 Å². The molecule has 94 valence electrons. The Labute approximate surface area is 109 Å². The van der Waals surface area contributed by atoms with Crippen LogP contribution in [0.4, 0.5) is 10.8 Å². The lowest BCUT2D eigenvalue weighted by Gasteiger charge is -2.14. The fraction of sp³-hybridized carbons (Fsp3) is 0.273. The SMILES string of the molecule is CCNc1nnc(C(=O)N(C)c2ccncc2)s1. The van der Waals surface area contributed by atoms with Gasteiger partial charge in [-0.15, -0.1) is 10.2 Å². The number of pyridine rings is 1. The fourth-order valence-electron chi connectivity index (χ4n) is 1.36. The molecule has 2 aromatic heterocycles. The van der Waals surface area contributed by atoms with Crippen molar-refractivity contribution in [1.29, 1.82) is 0 Å². The van der Waals surface area contributed by atoms with E-state index in [1.807, 2.05) is 6.92 Å². The first-order valence-electron chi connectivity index (χ1n) is 5.48. The van der Waals surface area contributed by atoms with Gasteiger partial charge in [0.2, 0.25) is 10.1 Å². The Kier molecular flexibility index (Phi) is 3.83. The predicted molar refractivity (Wildman–Crippen MR) is 71.0 cm³/mol. The number of carbonyl (C=O) groups excluding carboxylic acids is 1. The van der Waals surface area contributed by atoms with Crippen molar-refractivity contribution >= 4 is 28.1 Å². The first-order chi connectivity index (χ1) is 8.72. The van der Waals surface area contributed by atoms with Crippen LogP contribution >= 0.6 is 11.3 Å². The molecule has 18 heavy (non-hydrogen) atoms. The summed E-state index contributed by atoms with van der Waals surface area (Å²) in [6.07, 6.45) is 3.28. The second kappa shape index (κ2) is 5.54. The largest absolute Gasteiger partial charge is 0.360 e. The van der Waals surface area contributed by atoms with Gasteiger partial charge < -0.3 is 10.2 Å². The van der Waals surface area contributed by atoms with E-state index in [1.54, 1.807) is 31.6 Å². The first-order valence-corrected chi connectivity index (χ1v) is 6.29. The van der Waals surface area contributed by atoms with Crippen LogP contribution in [-0.2, 0) is 0 Å². The minimum atomic E-state index is -0.178. The second-order valence-electron chi connectivity index (χ2n) is 3.51. The monoisotopic (exact) mass is 263 g/mol. The van der Waals surface area contributed by atoms with Crippen molar-refractivity contribution in [2.45, 2.75) is 6.92 Å². The summed E-state index contributed by atoms with van der Waals surface area (Å²) in [5.41, 5.74) is 0.773. The van der Waals surface area contributed by atoms with E-state index in [1.165, 1.54) is 16.2 Å². The number of anilines is 2. The van der Waals surface area contributed by atoms with Crippen LogP contribution in [-0.4, -0.2) is 34.7 Å². The Morgan fingerprint density at radius 3 is 2.78 bits per heavy atom. The number of amides is 1. The third kappa shape index (κ3) is 2.62. The fourth-order valence-corrected chi connectivity index (χ4v) is 2.15. The average Bonchev–Trinajstić information content (AvgIpc) is 2.87. The molecule has 0 bridgehead atoms. The molecule has 0 saturated heterocycles. The van der Waals surface area contributed by atoms with E-state index in [9.17, 15) is 4.79 Å². The molecule has 2 aromatic rings. The normalized spacial score (nSPS) is 10.1. The number of rotatable bonds is 4. The van der Waals surface area contributed by atoms with Crippen LogP contribution < -0.4 is 10.2 Å². The van der Waals surface area contributed by atoms with Crippen LogP contribution in [0.2, 0.25) is 0 Å². The van der Waals surface area contributed by atoms with Crippen molar-refractivity contribution in [3.8, 4) is 0 Å². The lowest BCUT2D eigenvalue weighted by Crippen LogP contribution is -2.26. The van der Waals surface area contributed by atoms with Gasteiger partial charge in [0.1, 0.15) is 0 Å². The van der Waals surface area contributed by atoms with Crippen molar-refractivity contribution in [3.05, 3.63) is 29.5 Å². The summed E-state index contributed by atoms with van der Waals surface area (Å²) in [4.78, 5) is 17.6. The molecule has 2 heterocycles. The lowest BCUT2D eigenvalue weighted by molar-refractivity contribution is 0.0992. The lowest BCUT2D eigenvalue weighted by atomic mass is 10.3. The van der Waals surface area contributed by atoms with Gasteiger partial charge >= 0.3 is 0 Å². The zero-order chi connectivity index (χ0) is 13.0. The maximum Gasteiger partial charge on any atom is 0.289 e. The molecule has 0 unspecified atom stereocenters. The van der Waals surface area contributed by atoms with Crippen LogP contribution in [0.25, 0.3) is 0 Å². The zero-order valence-electron chi connectivity index (χ0n) is 10.1. The van der Waals surface area contributed by atoms with Crippen LogP contribution in [0, 0.1) is 0 Å². The highest BCUT2D eigenvalue weighted by Crippen LogP contribution is 2.19. The van der Waals surface area contributed by atoms with Gasteiger partial charge in [-0.3, -0.25) is 9.78 Å². The van der Waals surface area contributed by atoms with Crippen LogP contribution in [0.3, 0.4) is 0 Å². The quantitative estimate of drug-likeness (QED) is 0.908. The van der Waals surface area contributed by atoms with E-state index in [-0.39, 0.29) is 5.91 Å². The van der Waals surface area contributed by atoms with Crippen molar-refractivity contribution in [1.82, 2.24) is 15.2 Å². The second-order valence-corrected chi connectivity index (χ2v) is 4.49. The summed E-state index contributed by atoms with van der Waals surface area (Å²) < 4.78 is 0. The van der Waals surface area contributed by atoms with Gasteiger partial charge in [-0.25, -0.2) is 0 Å². The minimum Gasteiger partial charge on any atom is -0.360 e. The van der Waals surface area contributed by atoms with Gasteiger partial charge in [0.25, 0.3) is 5.91 Å². The number of nitrogens with zero attached hydrogens (tertiary/aromatic N) is 4. The van der Waals surface area contributed by atoms with Gasteiger partial charge in [-0.05, 0) is 19.1 Å². The molecule has 0 atom stereocenters. The molecule has 0 saturated carbocycles. The Hall–Kier alpha value is -2.02. The molecule has 0 aliphatic rings. The Balaban J connectivity index is 2.15. The summed E-state index contributed by atoms with van der Waals surface area (Å²) >= 11 is 1.25. The average molecular weight is 263 g/mol. The molecular formula is C11H13N5OS. The summed E-state index contributed by atoms with van der Waals surface area (Å²) in [7, 11) is 1.70. The van der Waals surface area contributed by atoms with E-state index in [4.69, 9.17) is 0 Å². The van der Waals surface area contributed by atoms with Crippen molar-refractivity contribution in [2.24, 2.45) is 0 Å². The maximum absolute atomic E-state index is 12.1. The molecule has 6 nitrogen and oxygen atoms in total. The van der Waals surface area contributed by atoms with Gasteiger partial charge in [0.05, 0.1) is 0 Å². The number of hydrogen-bond acceptors (Lipinski definition) is 6. The molecule has 0 aromatic carbocycles. The van der Waals surface area contributed by atoms with E-state index >= 15 is 0 Å². The minimum absolute atomic E-state index is 0.178. The third-order valence-electron chi connectivity index (χ3n) is 2.29. The standard InChI is InChI=1S/C11H13N5OS/c1-3-13-11-15-14-9(18-11)10(17)16(2)8-4-6-12-7-5-8/h4-7H,3H2,1-2H3,(H,13,15). The van der Waals surface area contributed by atoms with Gasteiger partial charge in [-0.2, -0.15) is 0 Å². The van der Waals surface area contributed by atoms with Crippen molar-refractivity contribution in [3.63, 3.8) is 0 Å². The highest BCUT2D eigenvalue weighted by atomic mass is 32.1. The highest BCUT2D eigenvalue weighted by molar-refractivity contribution is 7.17. The summed E-state index contributed by atoms with van der Waals surface area (Å²) in [5, 5.41) is 11.8. The van der Waals surface area contributed by atoms with E-state index < -0.39 is 0 Å². The van der Waals surface area contributed by atoms with Crippen LogP contribution in [0.1, 0.15) is 16.7 Å². The summed E-state index contributed by atoms with van der Waals surface area (Å²) in [6, 6.07) is 3.54. The highest BCUT2D eigenvalue weighted by Gasteiger charge is 2.18. The smallest absolute Gasteiger partial charge is 0.289 e. The summed E-state index contributed by atoms with van der Waals surface area (Å²) in [6.45, 7) is 2.72. The predicted octanol–water partition coefficient (Wildman–Crippen LogP) is 1.64. The Morgan fingerprint density at radius 2 is 2.11 bits per heavy atom. The molecule has 0 aliphatic carbocycles. The van der Waals surface area contributed by atoms with Crippen molar-refractivity contribution in [2.75, 3.05) is 23.8 Å². The Bertz CT molecular complexity index is 527. The maximum atomic E-state index is 12.1. The first kappa shape index (κ1) is 12.4. The molecule has 0 radical (unpaired) electrons. The molecule has 0 spiro atoms. The third-order valence-corrected chi connectivity index (χ3v) is 3.16. The number of carbonyl (C=O) groups is 1. The zero-order valence-corrected chi connectivity index (χ0v) is 10.9. The van der Waals surface area contributed by atoms with Crippen LogP contribution in [0.15, 0.2) is 24.5 Å².